The van der Waals surface area contributed by atoms with Gasteiger partial charge in [0.25, 0.3) is 0 Å². The zero-order valence-electron chi connectivity index (χ0n) is 15.7. The molecule has 3 heteroatoms. The lowest BCUT2D eigenvalue weighted by Crippen LogP contribution is -2.30. The van der Waals surface area contributed by atoms with Crippen molar-refractivity contribution in [3.63, 3.8) is 0 Å². The molecule has 0 saturated heterocycles. The normalized spacial score (nSPS) is 11.9. The zero-order chi connectivity index (χ0) is 18.8. The van der Waals surface area contributed by atoms with Crippen molar-refractivity contribution in [2.75, 3.05) is 0 Å². The van der Waals surface area contributed by atoms with Gasteiger partial charge in [-0.15, -0.1) is 11.3 Å². The number of nitrogens with zero attached hydrogens (tertiary/aromatic N) is 1. The van der Waals surface area contributed by atoms with Crippen LogP contribution in [0, 0.1) is 6.92 Å². The fourth-order valence-corrected chi connectivity index (χ4v) is 5.53. The first-order valence-corrected chi connectivity index (χ1v) is 10.2. The number of furan rings is 1. The maximum Gasteiger partial charge on any atom is 0.249 e. The van der Waals surface area contributed by atoms with Crippen molar-refractivity contribution in [3.05, 3.63) is 78.5 Å². The first-order valence-electron chi connectivity index (χ1n) is 9.43. The molecule has 0 atom stereocenters. The third-order valence-corrected chi connectivity index (χ3v) is 6.88. The van der Waals surface area contributed by atoms with Crippen molar-refractivity contribution in [3.8, 4) is 11.5 Å². The highest BCUT2D eigenvalue weighted by molar-refractivity contribution is 7.26. The third-order valence-electron chi connectivity index (χ3n) is 5.70. The molecular formula is C25H18NOS+. The molecule has 3 aromatic carbocycles. The zero-order valence-corrected chi connectivity index (χ0v) is 16.5. The van der Waals surface area contributed by atoms with E-state index in [1.165, 1.54) is 41.9 Å². The molecule has 3 aromatic heterocycles. The molecule has 0 N–H and O–H groups in total. The van der Waals surface area contributed by atoms with Crippen molar-refractivity contribution in [2.24, 2.45) is 7.05 Å². The summed E-state index contributed by atoms with van der Waals surface area (Å²) in [5.41, 5.74) is 3.24. The first-order chi connectivity index (χ1) is 13.7. The summed E-state index contributed by atoms with van der Waals surface area (Å²) >= 11 is 1.87. The standard InChI is InChI=1S/C25H18NOS/c1-15-17-8-5-6-10-22(17)27-24(15)21-13-20-19-12-11-16-7-3-4-9-18(16)25(19)28-23(20)14-26(21)2/h3-14H,1-2H3/q+1. The van der Waals surface area contributed by atoms with E-state index in [-0.39, 0.29) is 0 Å². The highest BCUT2D eigenvalue weighted by Crippen LogP contribution is 2.40. The van der Waals surface area contributed by atoms with Crippen LogP contribution in [0.4, 0.5) is 0 Å². The molecule has 6 aromatic rings. The maximum atomic E-state index is 6.26. The molecule has 0 amide bonds. The Bertz CT molecular complexity index is 1540. The van der Waals surface area contributed by atoms with E-state index in [4.69, 9.17) is 4.42 Å². The second-order valence-corrected chi connectivity index (χ2v) is 8.42. The van der Waals surface area contributed by atoms with Gasteiger partial charge in [-0.1, -0.05) is 54.6 Å². The number of benzene rings is 3. The Morgan fingerprint density at radius 2 is 1.61 bits per heavy atom. The van der Waals surface area contributed by atoms with Gasteiger partial charge in [0.2, 0.25) is 11.5 Å². The average molecular weight is 380 g/mol. The van der Waals surface area contributed by atoms with E-state index in [1.807, 2.05) is 23.5 Å². The largest absolute Gasteiger partial charge is 0.449 e. The third kappa shape index (κ3) is 2.11. The molecule has 0 fully saturated rings. The SMILES string of the molecule is Cc1c(-c2cc3c(c[n+]2C)sc2c4ccccc4ccc32)oc2ccccc12. The summed E-state index contributed by atoms with van der Waals surface area (Å²) in [6, 6.07) is 23.6. The number of aryl methyl sites for hydroxylation is 2. The van der Waals surface area contributed by atoms with Crippen LogP contribution in [-0.4, -0.2) is 0 Å². The fraction of sp³-hybridized carbons (Fsp3) is 0.0800. The van der Waals surface area contributed by atoms with Crippen molar-refractivity contribution < 1.29 is 8.98 Å². The van der Waals surface area contributed by atoms with Gasteiger partial charge in [0, 0.05) is 32.5 Å². The Morgan fingerprint density at radius 1 is 0.821 bits per heavy atom. The monoisotopic (exact) mass is 380 g/mol. The molecule has 0 aliphatic carbocycles. The quantitative estimate of drug-likeness (QED) is 0.288. The highest BCUT2D eigenvalue weighted by atomic mass is 32.1. The van der Waals surface area contributed by atoms with Gasteiger partial charge in [0.1, 0.15) is 12.6 Å². The molecule has 2 nitrogen and oxygen atoms in total. The van der Waals surface area contributed by atoms with Crippen LogP contribution in [0.2, 0.25) is 0 Å². The topological polar surface area (TPSA) is 17.0 Å². The molecule has 3 heterocycles. The van der Waals surface area contributed by atoms with Crippen molar-refractivity contribution in [2.45, 2.75) is 6.92 Å². The fourth-order valence-electron chi connectivity index (χ4n) is 4.24. The second kappa shape index (κ2) is 5.66. The van der Waals surface area contributed by atoms with Crippen LogP contribution in [0.5, 0.6) is 0 Å². The lowest BCUT2D eigenvalue weighted by Gasteiger charge is -2.00. The highest BCUT2D eigenvalue weighted by Gasteiger charge is 2.22. The Kier molecular flexibility index (Phi) is 3.21. The summed E-state index contributed by atoms with van der Waals surface area (Å²) in [5.74, 6) is 0.950. The molecule has 0 aliphatic rings. The van der Waals surface area contributed by atoms with Crippen LogP contribution >= 0.6 is 11.3 Å². The molecule has 0 spiro atoms. The van der Waals surface area contributed by atoms with Crippen LogP contribution in [0.1, 0.15) is 5.56 Å². The van der Waals surface area contributed by atoms with Gasteiger partial charge >= 0.3 is 0 Å². The summed E-state index contributed by atoms with van der Waals surface area (Å²) in [7, 11) is 2.10. The van der Waals surface area contributed by atoms with Crippen LogP contribution < -0.4 is 4.57 Å². The van der Waals surface area contributed by atoms with E-state index >= 15 is 0 Å². The molecule has 6 rings (SSSR count). The molecule has 0 bridgehead atoms. The maximum absolute atomic E-state index is 6.26. The molecule has 0 saturated carbocycles. The minimum absolute atomic E-state index is 0.941. The van der Waals surface area contributed by atoms with E-state index < -0.39 is 0 Å². The predicted octanol–water partition coefficient (Wildman–Crippen LogP) is 6.75. The van der Waals surface area contributed by atoms with Crippen molar-refractivity contribution in [1.29, 1.82) is 0 Å². The Morgan fingerprint density at radius 3 is 2.46 bits per heavy atom. The minimum Gasteiger partial charge on any atom is -0.449 e. The van der Waals surface area contributed by atoms with Gasteiger partial charge in [-0.2, -0.15) is 4.57 Å². The van der Waals surface area contributed by atoms with E-state index in [2.05, 4.69) is 79.3 Å². The second-order valence-electron chi connectivity index (χ2n) is 7.37. The van der Waals surface area contributed by atoms with Gasteiger partial charge < -0.3 is 4.42 Å². The summed E-state index contributed by atoms with van der Waals surface area (Å²) in [6.45, 7) is 2.14. The Hall–Kier alpha value is -3.17. The van der Waals surface area contributed by atoms with E-state index in [0.29, 0.717) is 0 Å². The predicted molar refractivity (Wildman–Crippen MR) is 118 cm³/mol. The van der Waals surface area contributed by atoms with Gasteiger partial charge in [0.15, 0.2) is 6.20 Å². The van der Waals surface area contributed by atoms with Gasteiger partial charge in [-0.25, -0.2) is 0 Å². The van der Waals surface area contributed by atoms with E-state index in [9.17, 15) is 0 Å². The molecule has 134 valence electrons. The number of aromatic nitrogens is 1. The number of hydrogen-bond acceptors (Lipinski definition) is 2. The summed E-state index contributed by atoms with van der Waals surface area (Å²) in [5, 5.41) is 6.40. The smallest absolute Gasteiger partial charge is 0.249 e. The van der Waals surface area contributed by atoms with Gasteiger partial charge in [-0.05, 0) is 23.8 Å². The molecule has 28 heavy (non-hydrogen) atoms. The summed E-state index contributed by atoms with van der Waals surface area (Å²) < 4.78 is 11.1. The first kappa shape index (κ1) is 15.8. The lowest BCUT2D eigenvalue weighted by molar-refractivity contribution is -0.659. The molecule has 0 radical (unpaired) electrons. The summed E-state index contributed by atoms with van der Waals surface area (Å²) in [6.07, 6.45) is 2.23. The number of fused-ring (bicyclic) bond motifs is 6. The molecule has 0 aliphatic heterocycles. The number of pyridine rings is 1. The van der Waals surface area contributed by atoms with E-state index in [1.54, 1.807) is 0 Å². The average Bonchev–Trinajstić information content (AvgIpc) is 3.25. The van der Waals surface area contributed by atoms with Crippen LogP contribution in [0.15, 0.2) is 77.3 Å². The van der Waals surface area contributed by atoms with E-state index in [0.717, 1.165) is 17.0 Å². The summed E-state index contributed by atoms with van der Waals surface area (Å²) in [4.78, 5) is 0. The van der Waals surface area contributed by atoms with Crippen molar-refractivity contribution in [1.82, 2.24) is 0 Å². The molecular weight excluding hydrogens is 362 g/mol. The van der Waals surface area contributed by atoms with Crippen LogP contribution in [0.3, 0.4) is 0 Å². The van der Waals surface area contributed by atoms with Crippen LogP contribution in [-0.2, 0) is 7.05 Å². The Balaban J connectivity index is 1.69. The number of thiophene rings is 1. The van der Waals surface area contributed by atoms with Gasteiger partial charge in [-0.3, -0.25) is 0 Å². The van der Waals surface area contributed by atoms with Crippen LogP contribution in [0.25, 0.3) is 53.4 Å². The lowest BCUT2D eigenvalue weighted by atomic mass is 10.1. The number of hydrogen-bond donors (Lipinski definition) is 0. The number of para-hydroxylation sites is 1. The van der Waals surface area contributed by atoms with Crippen molar-refractivity contribution >= 4 is 53.3 Å². The van der Waals surface area contributed by atoms with Gasteiger partial charge in [0.05, 0.1) is 4.70 Å². The Labute approximate surface area is 166 Å². The minimum atomic E-state index is 0.941. The number of rotatable bonds is 1. The molecule has 0 unspecified atom stereocenters.